The summed E-state index contributed by atoms with van der Waals surface area (Å²) in [5.41, 5.74) is 4.47. The van der Waals surface area contributed by atoms with Crippen LogP contribution in [0.5, 0.6) is 11.5 Å². The van der Waals surface area contributed by atoms with E-state index >= 15 is 0 Å². The van der Waals surface area contributed by atoms with Crippen LogP contribution in [0.25, 0.3) is 11.4 Å². The van der Waals surface area contributed by atoms with Crippen molar-refractivity contribution in [3.63, 3.8) is 0 Å². The van der Waals surface area contributed by atoms with Gasteiger partial charge >= 0.3 is 0 Å². The van der Waals surface area contributed by atoms with E-state index in [4.69, 9.17) is 26.1 Å². The SMILES string of the molecule is CCOc1ccc(CN2CCc3nc(-c4ccc(Cl)cc4)ncc3C2)c(OCC)c1. The van der Waals surface area contributed by atoms with Gasteiger partial charge in [0.15, 0.2) is 5.82 Å². The Bertz CT molecular complexity index is 1010. The Morgan fingerprint density at radius 2 is 1.83 bits per heavy atom. The predicted molar refractivity (Wildman–Crippen MR) is 119 cm³/mol. The van der Waals surface area contributed by atoms with Crippen molar-refractivity contribution in [3.05, 3.63) is 70.5 Å². The van der Waals surface area contributed by atoms with Crippen molar-refractivity contribution in [1.29, 1.82) is 0 Å². The monoisotopic (exact) mass is 423 g/mol. The van der Waals surface area contributed by atoms with Crippen LogP contribution in [0.3, 0.4) is 0 Å². The Labute approximate surface area is 182 Å². The molecule has 2 aromatic carbocycles. The number of hydrogen-bond acceptors (Lipinski definition) is 5. The van der Waals surface area contributed by atoms with Crippen molar-refractivity contribution in [2.24, 2.45) is 0 Å². The normalized spacial score (nSPS) is 13.7. The average Bonchev–Trinajstić information content (AvgIpc) is 2.76. The van der Waals surface area contributed by atoms with Crippen molar-refractivity contribution in [2.45, 2.75) is 33.4 Å². The van der Waals surface area contributed by atoms with Gasteiger partial charge in [-0.1, -0.05) is 17.7 Å². The molecule has 0 amide bonds. The summed E-state index contributed by atoms with van der Waals surface area (Å²) in [6.45, 7) is 7.86. The summed E-state index contributed by atoms with van der Waals surface area (Å²) in [5, 5.41) is 0.716. The minimum absolute atomic E-state index is 0.632. The quantitative estimate of drug-likeness (QED) is 0.525. The van der Waals surface area contributed by atoms with E-state index in [-0.39, 0.29) is 0 Å². The van der Waals surface area contributed by atoms with Crippen LogP contribution in [0.2, 0.25) is 5.02 Å². The minimum Gasteiger partial charge on any atom is -0.494 e. The second-order valence-corrected chi connectivity index (χ2v) is 7.71. The van der Waals surface area contributed by atoms with Gasteiger partial charge in [0.05, 0.1) is 18.9 Å². The lowest BCUT2D eigenvalue weighted by Crippen LogP contribution is -2.31. The topological polar surface area (TPSA) is 47.5 Å². The molecule has 0 spiro atoms. The van der Waals surface area contributed by atoms with Crippen LogP contribution in [0.4, 0.5) is 0 Å². The third kappa shape index (κ3) is 4.74. The number of ether oxygens (including phenoxy) is 2. The van der Waals surface area contributed by atoms with Gasteiger partial charge in [-0.3, -0.25) is 4.90 Å². The molecule has 30 heavy (non-hydrogen) atoms. The molecule has 3 aromatic rings. The summed E-state index contributed by atoms with van der Waals surface area (Å²) in [6, 6.07) is 13.8. The van der Waals surface area contributed by atoms with E-state index in [1.54, 1.807) is 0 Å². The molecule has 1 aliphatic heterocycles. The highest BCUT2D eigenvalue weighted by molar-refractivity contribution is 6.30. The molecule has 0 radical (unpaired) electrons. The fraction of sp³-hybridized carbons (Fsp3) is 0.333. The number of hydrogen-bond donors (Lipinski definition) is 0. The first-order chi connectivity index (χ1) is 14.7. The van der Waals surface area contributed by atoms with Crippen LogP contribution < -0.4 is 9.47 Å². The third-order valence-electron chi connectivity index (χ3n) is 5.16. The maximum Gasteiger partial charge on any atom is 0.159 e. The highest BCUT2D eigenvalue weighted by Crippen LogP contribution is 2.28. The van der Waals surface area contributed by atoms with Crippen molar-refractivity contribution in [2.75, 3.05) is 19.8 Å². The molecule has 0 unspecified atom stereocenters. The summed E-state index contributed by atoms with van der Waals surface area (Å²) >= 11 is 5.99. The van der Waals surface area contributed by atoms with E-state index in [9.17, 15) is 0 Å². The molecule has 4 rings (SSSR count). The van der Waals surface area contributed by atoms with Gasteiger partial charge in [-0.2, -0.15) is 0 Å². The van der Waals surface area contributed by atoms with Crippen molar-refractivity contribution < 1.29 is 9.47 Å². The lowest BCUT2D eigenvalue weighted by molar-refractivity contribution is 0.236. The minimum atomic E-state index is 0.632. The van der Waals surface area contributed by atoms with Crippen LogP contribution >= 0.6 is 11.6 Å². The van der Waals surface area contributed by atoms with E-state index in [1.807, 2.05) is 56.4 Å². The number of fused-ring (bicyclic) bond motifs is 1. The first-order valence-electron chi connectivity index (χ1n) is 10.4. The van der Waals surface area contributed by atoms with Crippen molar-refractivity contribution >= 4 is 11.6 Å². The number of halogens is 1. The molecular formula is C24H26ClN3O2. The van der Waals surface area contributed by atoms with E-state index in [0.717, 1.165) is 54.6 Å². The Kier molecular flexibility index (Phi) is 6.50. The summed E-state index contributed by atoms with van der Waals surface area (Å²) in [4.78, 5) is 11.8. The molecule has 0 saturated heterocycles. The largest absolute Gasteiger partial charge is 0.494 e. The highest BCUT2D eigenvalue weighted by Gasteiger charge is 2.20. The summed E-state index contributed by atoms with van der Waals surface area (Å²) in [5.74, 6) is 2.49. The molecule has 0 atom stereocenters. The highest BCUT2D eigenvalue weighted by atomic mass is 35.5. The molecule has 0 N–H and O–H groups in total. The molecule has 5 nitrogen and oxygen atoms in total. The third-order valence-corrected chi connectivity index (χ3v) is 5.41. The summed E-state index contributed by atoms with van der Waals surface area (Å²) in [6.07, 6.45) is 2.86. The van der Waals surface area contributed by atoms with Crippen LogP contribution in [-0.4, -0.2) is 34.6 Å². The summed E-state index contributed by atoms with van der Waals surface area (Å²) in [7, 11) is 0. The smallest absolute Gasteiger partial charge is 0.159 e. The zero-order chi connectivity index (χ0) is 20.9. The Morgan fingerprint density at radius 3 is 2.60 bits per heavy atom. The standard InChI is InChI=1S/C24H26ClN3O2/c1-3-29-21-10-7-18(23(13-21)30-4-2)15-28-12-11-22-19(16-28)14-26-24(27-22)17-5-8-20(25)9-6-17/h5-10,13-14H,3-4,11-12,15-16H2,1-2H3. The van der Waals surface area contributed by atoms with E-state index < -0.39 is 0 Å². The molecule has 0 aliphatic carbocycles. The first kappa shape index (κ1) is 20.6. The van der Waals surface area contributed by atoms with Gasteiger partial charge in [0.2, 0.25) is 0 Å². The van der Waals surface area contributed by atoms with Crippen LogP contribution in [-0.2, 0) is 19.5 Å². The maximum absolute atomic E-state index is 5.99. The van der Waals surface area contributed by atoms with E-state index in [2.05, 4.69) is 16.0 Å². The lowest BCUT2D eigenvalue weighted by Gasteiger charge is -2.28. The Balaban J connectivity index is 1.49. The maximum atomic E-state index is 5.99. The fourth-order valence-electron chi connectivity index (χ4n) is 3.70. The fourth-order valence-corrected chi connectivity index (χ4v) is 3.83. The lowest BCUT2D eigenvalue weighted by atomic mass is 10.1. The van der Waals surface area contributed by atoms with Crippen LogP contribution in [0.15, 0.2) is 48.7 Å². The Morgan fingerprint density at radius 1 is 1.03 bits per heavy atom. The first-order valence-corrected chi connectivity index (χ1v) is 10.8. The molecule has 6 heteroatoms. The van der Waals surface area contributed by atoms with E-state index in [1.165, 1.54) is 11.1 Å². The number of benzene rings is 2. The molecule has 1 aromatic heterocycles. The molecule has 0 saturated carbocycles. The molecule has 2 heterocycles. The molecule has 0 fully saturated rings. The van der Waals surface area contributed by atoms with Crippen LogP contribution in [0, 0.1) is 0 Å². The summed E-state index contributed by atoms with van der Waals surface area (Å²) < 4.78 is 11.5. The molecule has 156 valence electrons. The van der Waals surface area contributed by atoms with Gasteiger partial charge in [-0.25, -0.2) is 9.97 Å². The van der Waals surface area contributed by atoms with Gasteiger partial charge in [-0.15, -0.1) is 0 Å². The van der Waals surface area contributed by atoms with Crippen molar-refractivity contribution in [1.82, 2.24) is 14.9 Å². The van der Waals surface area contributed by atoms with Gasteiger partial charge < -0.3 is 9.47 Å². The molecular weight excluding hydrogens is 398 g/mol. The van der Waals surface area contributed by atoms with Gasteiger partial charge in [0, 0.05) is 60.0 Å². The van der Waals surface area contributed by atoms with Gasteiger partial charge in [0.1, 0.15) is 11.5 Å². The second kappa shape index (κ2) is 9.45. The number of rotatable bonds is 7. The molecule has 0 bridgehead atoms. The zero-order valence-corrected chi connectivity index (χ0v) is 18.2. The Hall–Kier alpha value is -2.63. The van der Waals surface area contributed by atoms with Gasteiger partial charge in [-0.05, 0) is 44.2 Å². The van der Waals surface area contributed by atoms with Crippen molar-refractivity contribution in [3.8, 4) is 22.9 Å². The number of aromatic nitrogens is 2. The number of nitrogens with zero attached hydrogens (tertiary/aromatic N) is 3. The van der Waals surface area contributed by atoms with E-state index in [0.29, 0.717) is 18.2 Å². The zero-order valence-electron chi connectivity index (χ0n) is 17.4. The molecule has 1 aliphatic rings. The van der Waals surface area contributed by atoms with Crippen LogP contribution in [0.1, 0.15) is 30.7 Å². The predicted octanol–water partition coefficient (Wildman–Crippen LogP) is 5.15. The average molecular weight is 424 g/mol. The second-order valence-electron chi connectivity index (χ2n) is 7.27. The van der Waals surface area contributed by atoms with Gasteiger partial charge in [0.25, 0.3) is 0 Å².